The molecule has 5 heteroatoms. The number of aliphatic hydroxyl groups excluding tert-OH is 2. The molecule has 1 rings (SSSR count). The van der Waals surface area contributed by atoms with Crippen molar-refractivity contribution in [3.05, 3.63) is 35.4 Å². The Bertz CT molecular complexity index is 392. The van der Waals surface area contributed by atoms with Gasteiger partial charge in [0.1, 0.15) is 4.99 Å². The average Bonchev–Trinajstić information content (AvgIpc) is 2.27. The van der Waals surface area contributed by atoms with Crippen LogP contribution in [0.5, 0.6) is 0 Å². The van der Waals surface area contributed by atoms with Crippen molar-refractivity contribution >= 4 is 17.2 Å². The molecule has 0 spiro atoms. The lowest BCUT2D eigenvalue weighted by atomic mass is 10.1. The van der Waals surface area contributed by atoms with Gasteiger partial charge >= 0.3 is 0 Å². The largest absolute Gasteiger partial charge is 0.392 e. The van der Waals surface area contributed by atoms with Gasteiger partial charge < -0.3 is 20.8 Å². The summed E-state index contributed by atoms with van der Waals surface area (Å²) in [6.45, 7) is 2.72. The summed E-state index contributed by atoms with van der Waals surface area (Å²) in [5, 5.41) is 19.3. The van der Waals surface area contributed by atoms with E-state index in [9.17, 15) is 10.2 Å². The molecule has 0 aliphatic carbocycles. The molecule has 1 aromatic carbocycles. The zero-order chi connectivity index (χ0) is 13.7. The second kappa shape index (κ2) is 6.80. The molecule has 4 N–H and O–H groups in total. The highest BCUT2D eigenvalue weighted by Gasteiger charge is 2.12. The van der Waals surface area contributed by atoms with E-state index in [0.717, 1.165) is 11.1 Å². The standard InChI is InChI=1S/C13H20N2O2S/c1-9(16)7-15(2)8-12(17)10-3-5-11(6-4-10)13(14)18/h3-6,9,12,16-17H,7-8H2,1-2H3,(H2,14,18). The van der Waals surface area contributed by atoms with E-state index >= 15 is 0 Å². The van der Waals surface area contributed by atoms with Crippen molar-refractivity contribution in [1.82, 2.24) is 4.90 Å². The maximum Gasteiger partial charge on any atom is 0.103 e. The number of hydrogen-bond acceptors (Lipinski definition) is 4. The van der Waals surface area contributed by atoms with Crippen molar-refractivity contribution in [1.29, 1.82) is 0 Å². The summed E-state index contributed by atoms with van der Waals surface area (Å²) in [5.41, 5.74) is 7.11. The van der Waals surface area contributed by atoms with Crippen LogP contribution in [-0.4, -0.2) is 46.3 Å². The average molecular weight is 268 g/mol. The Labute approximate surface area is 113 Å². The summed E-state index contributed by atoms with van der Waals surface area (Å²) >= 11 is 4.87. The minimum absolute atomic E-state index is 0.349. The van der Waals surface area contributed by atoms with Gasteiger partial charge in [0.2, 0.25) is 0 Å². The van der Waals surface area contributed by atoms with Gasteiger partial charge in [0.25, 0.3) is 0 Å². The quantitative estimate of drug-likeness (QED) is 0.662. The molecule has 0 radical (unpaired) electrons. The Balaban J connectivity index is 2.61. The summed E-state index contributed by atoms with van der Waals surface area (Å²) < 4.78 is 0. The first-order valence-corrected chi connectivity index (χ1v) is 6.25. The second-order valence-corrected chi connectivity index (χ2v) is 5.01. The van der Waals surface area contributed by atoms with Crippen molar-refractivity contribution < 1.29 is 10.2 Å². The van der Waals surface area contributed by atoms with Gasteiger partial charge in [-0.3, -0.25) is 0 Å². The van der Waals surface area contributed by atoms with E-state index in [1.54, 1.807) is 19.1 Å². The van der Waals surface area contributed by atoms with Crippen LogP contribution in [0.15, 0.2) is 24.3 Å². The molecule has 0 saturated carbocycles. The van der Waals surface area contributed by atoms with Crippen LogP contribution in [0, 0.1) is 0 Å². The smallest absolute Gasteiger partial charge is 0.103 e. The molecule has 4 nitrogen and oxygen atoms in total. The Hall–Kier alpha value is -1.01. The molecule has 0 aromatic heterocycles. The highest BCUT2D eigenvalue weighted by Crippen LogP contribution is 2.15. The summed E-state index contributed by atoms with van der Waals surface area (Å²) in [6.07, 6.45) is -0.992. The third-order valence-corrected chi connectivity index (χ3v) is 2.88. The van der Waals surface area contributed by atoms with Crippen molar-refractivity contribution in [3.63, 3.8) is 0 Å². The van der Waals surface area contributed by atoms with Crippen LogP contribution in [0.1, 0.15) is 24.2 Å². The second-order valence-electron chi connectivity index (χ2n) is 4.57. The number of likely N-dealkylation sites (N-methyl/N-ethyl adjacent to an activating group) is 1. The first-order chi connectivity index (χ1) is 8.40. The first-order valence-electron chi connectivity index (χ1n) is 5.84. The van der Waals surface area contributed by atoms with Crippen molar-refractivity contribution in [2.45, 2.75) is 19.1 Å². The van der Waals surface area contributed by atoms with Crippen molar-refractivity contribution in [2.75, 3.05) is 20.1 Å². The van der Waals surface area contributed by atoms with Gasteiger partial charge in [-0.2, -0.15) is 0 Å². The molecule has 1 aromatic rings. The number of hydrogen-bond donors (Lipinski definition) is 3. The maximum atomic E-state index is 10.0. The molecule has 2 unspecified atom stereocenters. The third-order valence-electron chi connectivity index (χ3n) is 2.64. The normalized spacial score (nSPS) is 14.5. The summed E-state index contributed by atoms with van der Waals surface area (Å²) in [6, 6.07) is 7.23. The minimum atomic E-state index is -0.589. The van der Waals surface area contributed by atoms with E-state index in [2.05, 4.69) is 0 Å². The fourth-order valence-corrected chi connectivity index (χ4v) is 1.93. The Morgan fingerprint density at radius 2 is 1.83 bits per heavy atom. The van der Waals surface area contributed by atoms with Gasteiger partial charge in [-0.05, 0) is 19.5 Å². The van der Waals surface area contributed by atoms with Crippen LogP contribution >= 0.6 is 12.2 Å². The van der Waals surface area contributed by atoms with Gasteiger partial charge in [0.05, 0.1) is 12.2 Å². The zero-order valence-corrected chi connectivity index (χ0v) is 11.5. The molecule has 0 fully saturated rings. The van der Waals surface area contributed by atoms with E-state index in [1.807, 2.05) is 24.1 Å². The van der Waals surface area contributed by atoms with Crippen LogP contribution in [0.25, 0.3) is 0 Å². The highest BCUT2D eigenvalue weighted by atomic mass is 32.1. The number of benzene rings is 1. The number of thiocarbonyl (C=S) groups is 1. The van der Waals surface area contributed by atoms with E-state index in [0.29, 0.717) is 18.1 Å². The predicted octanol–water partition coefficient (Wildman–Crippen LogP) is 0.667. The molecule has 0 aliphatic heterocycles. The predicted molar refractivity (Wildman–Crippen MR) is 76.5 cm³/mol. The fourth-order valence-electron chi connectivity index (χ4n) is 1.80. The van der Waals surface area contributed by atoms with Crippen LogP contribution in [-0.2, 0) is 0 Å². The number of nitrogens with zero attached hydrogens (tertiary/aromatic N) is 1. The van der Waals surface area contributed by atoms with Gasteiger partial charge in [-0.1, -0.05) is 36.5 Å². The Morgan fingerprint density at radius 3 is 2.28 bits per heavy atom. The molecule has 2 atom stereocenters. The number of nitrogens with two attached hydrogens (primary N) is 1. The summed E-state index contributed by atoms with van der Waals surface area (Å²) in [7, 11) is 1.86. The van der Waals surface area contributed by atoms with E-state index in [-0.39, 0.29) is 0 Å². The zero-order valence-electron chi connectivity index (χ0n) is 10.7. The van der Waals surface area contributed by atoms with Crippen molar-refractivity contribution in [2.24, 2.45) is 5.73 Å². The number of rotatable bonds is 6. The van der Waals surface area contributed by atoms with Crippen molar-refractivity contribution in [3.8, 4) is 0 Å². The van der Waals surface area contributed by atoms with Crippen LogP contribution in [0.4, 0.5) is 0 Å². The Morgan fingerprint density at radius 1 is 1.28 bits per heavy atom. The topological polar surface area (TPSA) is 69.7 Å². The minimum Gasteiger partial charge on any atom is -0.392 e. The van der Waals surface area contributed by atoms with Crippen LogP contribution in [0.3, 0.4) is 0 Å². The molecular formula is C13H20N2O2S. The van der Waals surface area contributed by atoms with E-state index in [1.165, 1.54) is 0 Å². The lowest BCUT2D eigenvalue weighted by Gasteiger charge is -2.22. The highest BCUT2D eigenvalue weighted by molar-refractivity contribution is 7.80. The Kier molecular flexibility index (Phi) is 5.68. The van der Waals surface area contributed by atoms with Gasteiger partial charge in [0, 0.05) is 18.7 Å². The first kappa shape index (κ1) is 15.0. The van der Waals surface area contributed by atoms with E-state index < -0.39 is 12.2 Å². The number of aliphatic hydroxyl groups is 2. The molecule has 0 saturated heterocycles. The maximum absolute atomic E-state index is 10.0. The third kappa shape index (κ3) is 4.70. The van der Waals surface area contributed by atoms with Gasteiger partial charge in [-0.15, -0.1) is 0 Å². The lowest BCUT2D eigenvalue weighted by molar-refractivity contribution is 0.0907. The molecule has 0 bridgehead atoms. The molecule has 100 valence electrons. The lowest BCUT2D eigenvalue weighted by Crippen LogP contribution is -2.31. The molecule has 0 heterocycles. The van der Waals surface area contributed by atoms with E-state index in [4.69, 9.17) is 18.0 Å². The van der Waals surface area contributed by atoms with Crippen LogP contribution < -0.4 is 5.73 Å². The molecule has 0 aliphatic rings. The fraction of sp³-hybridized carbons (Fsp3) is 0.462. The molecular weight excluding hydrogens is 248 g/mol. The molecule has 0 amide bonds. The monoisotopic (exact) mass is 268 g/mol. The van der Waals surface area contributed by atoms with Crippen LogP contribution in [0.2, 0.25) is 0 Å². The van der Waals surface area contributed by atoms with Gasteiger partial charge in [-0.25, -0.2) is 0 Å². The summed E-state index contributed by atoms with van der Waals surface area (Å²) in [5.74, 6) is 0. The van der Waals surface area contributed by atoms with Gasteiger partial charge in [0.15, 0.2) is 0 Å². The summed E-state index contributed by atoms with van der Waals surface area (Å²) in [4.78, 5) is 2.24. The SMILES string of the molecule is CC(O)CN(C)CC(O)c1ccc(C(N)=S)cc1. The molecule has 18 heavy (non-hydrogen) atoms.